The number of hydrogen-bond donors (Lipinski definition) is 6. The van der Waals surface area contributed by atoms with Crippen LogP contribution in [0.25, 0.3) is 0 Å². The Bertz CT molecular complexity index is 610. The number of rotatable bonds is 7. The van der Waals surface area contributed by atoms with Gasteiger partial charge in [-0.05, 0) is 25.2 Å². The maximum absolute atomic E-state index is 11.1. The van der Waals surface area contributed by atoms with Crippen molar-refractivity contribution < 1.29 is 44.5 Å². The first-order valence-electron chi connectivity index (χ1n) is 11.5. The molecule has 0 aromatic heterocycles. The van der Waals surface area contributed by atoms with Gasteiger partial charge in [0.1, 0.15) is 24.4 Å². The van der Waals surface area contributed by atoms with Crippen LogP contribution in [-0.2, 0) is 18.9 Å². The van der Waals surface area contributed by atoms with Crippen molar-refractivity contribution >= 4 is 0 Å². The van der Waals surface area contributed by atoms with Gasteiger partial charge in [-0.1, -0.05) is 19.9 Å². The van der Waals surface area contributed by atoms with Gasteiger partial charge in [0, 0.05) is 18.4 Å². The SMILES string of the molecule is C=CC1CC(O)C(CC)OC1OC1C(C)CC(N)C(OC2OC(CO)C(O)CC2O)C1O. The van der Waals surface area contributed by atoms with E-state index >= 15 is 0 Å². The van der Waals surface area contributed by atoms with Gasteiger partial charge in [0.25, 0.3) is 0 Å². The fourth-order valence-electron chi connectivity index (χ4n) is 4.95. The van der Waals surface area contributed by atoms with Gasteiger partial charge in [0.05, 0.1) is 31.0 Å². The first kappa shape index (κ1) is 26.0. The minimum Gasteiger partial charge on any atom is -0.394 e. The highest BCUT2D eigenvalue weighted by Gasteiger charge is 2.48. The Morgan fingerprint density at radius 1 is 0.938 bits per heavy atom. The summed E-state index contributed by atoms with van der Waals surface area (Å²) in [6.45, 7) is 7.24. The molecule has 13 atom stereocenters. The average Bonchev–Trinajstić information content (AvgIpc) is 2.75. The molecule has 0 aromatic carbocycles. The fraction of sp³-hybridized carbons (Fsp3) is 0.909. The third-order valence-electron chi connectivity index (χ3n) is 6.90. The maximum Gasteiger partial charge on any atom is 0.184 e. The topological polar surface area (TPSA) is 164 Å². The van der Waals surface area contributed by atoms with Crippen LogP contribution in [0.1, 0.15) is 39.5 Å². The Labute approximate surface area is 188 Å². The lowest BCUT2D eigenvalue weighted by atomic mass is 9.80. The lowest BCUT2D eigenvalue weighted by Gasteiger charge is -2.47. The molecule has 3 fully saturated rings. The van der Waals surface area contributed by atoms with Crippen molar-refractivity contribution in [3.8, 4) is 0 Å². The van der Waals surface area contributed by atoms with Gasteiger partial charge < -0.3 is 50.2 Å². The highest BCUT2D eigenvalue weighted by atomic mass is 16.7. The summed E-state index contributed by atoms with van der Waals surface area (Å²) in [5.41, 5.74) is 6.27. The van der Waals surface area contributed by atoms with Crippen molar-refractivity contribution in [3.63, 3.8) is 0 Å². The molecule has 2 aliphatic heterocycles. The van der Waals surface area contributed by atoms with E-state index in [0.29, 0.717) is 19.3 Å². The molecule has 186 valence electrons. The molecule has 3 rings (SSSR count). The molecule has 0 spiro atoms. The number of ether oxygens (including phenoxy) is 4. The second kappa shape index (κ2) is 11.2. The zero-order valence-electron chi connectivity index (χ0n) is 18.8. The molecule has 2 saturated heterocycles. The van der Waals surface area contributed by atoms with Gasteiger partial charge in [-0.3, -0.25) is 0 Å². The van der Waals surface area contributed by atoms with Crippen molar-refractivity contribution in [3.05, 3.63) is 12.7 Å². The van der Waals surface area contributed by atoms with E-state index in [1.54, 1.807) is 6.08 Å². The van der Waals surface area contributed by atoms with Crippen molar-refractivity contribution in [2.75, 3.05) is 6.61 Å². The van der Waals surface area contributed by atoms with Crippen LogP contribution in [-0.4, -0.2) is 99.6 Å². The van der Waals surface area contributed by atoms with E-state index in [9.17, 15) is 25.5 Å². The van der Waals surface area contributed by atoms with E-state index in [-0.39, 0.29) is 24.4 Å². The van der Waals surface area contributed by atoms with E-state index in [1.807, 2.05) is 13.8 Å². The summed E-state index contributed by atoms with van der Waals surface area (Å²) in [7, 11) is 0. The number of aliphatic hydroxyl groups is 5. The van der Waals surface area contributed by atoms with Crippen molar-refractivity contribution in [2.24, 2.45) is 17.6 Å². The quantitative estimate of drug-likeness (QED) is 0.259. The first-order valence-corrected chi connectivity index (χ1v) is 11.5. The zero-order chi connectivity index (χ0) is 23.6. The van der Waals surface area contributed by atoms with Crippen LogP contribution >= 0.6 is 0 Å². The fourth-order valence-corrected chi connectivity index (χ4v) is 4.95. The second-order valence-corrected chi connectivity index (χ2v) is 9.32. The van der Waals surface area contributed by atoms with Crippen LogP contribution in [0.2, 0.25) is 0 Å². The van der Waals surface area contributed by atoms with Gasteiger partial charge in [-0.15, -0.1) is 6.58 Å². The van der Waals surface area contributed by atoms with E-state index in [0.717, 1.165) is 0 Å². The molecule has 32 heavy (non-hydrogen) atoms. The molecule has 0 bridgehead atoms. The second-order valence-electron chi connectivity index (χ2n) is 9.32. The number of aliphatic hydroxyl groups excluding tert-OH is 5. The molecule has 3 aliphatic rings. The minimum atomic E-state index is -1.15. The van der Waals surface area contributed by atoms with Crippen molar-refractivity contribution in [2.45, 2.75) is 107 Å². The molecule has 10 heteroatoms. The number of hydrogen-bond acceptors (Lipinski definition) is 10. The highest BCUT2D eigenvalue weighted by molar-refractivity contribution is 4.98. The van der Waals surface area contributed by atoms with E-state index < -0.39 is 68.0 Å². The molecule has 10 nitrogen and oxygen atoms in total. The van der Waals surface area contributed by atoms with Crippen LogP contribution in [0.5, 0.6) is 0 Å². The summed E-state index contributed by atoms with van der Waals surface area (Å²) in [5.74, 6) is -0.345. The molecule has 1 aliphatic carbocycles. The maximum atomic E-state index is 11.1. The predicted molar refractivity (Wildman–Crippen MR) is 113 cm³/mol. The molecule has 7 N–H and O–H groups in total. The van der Waals surface area contributed by atoms with Gasteiger partial charge in [-0.25, -0.2) is 0 Å². The van der Waals surface area contributed by atoms with E-state index in [1.165, 1.54) is 0 Å². The molecule has 0 amide bonds. The number of nitrogens with two attached hydrogens (primary N) is 1. The van der Waals surface area contributed by atoms with Gasteiger partial charge in [0.2, 0.25) is 0 Å². The highest BCUT2D eigenvalue weighted by Crippen LogP contribution is 2.36. The summed E-state index contributed by atoms with van der Waals surface area (Å²) in [6.07, 6.45) is -5.32. The smallest absolute Gasteiger partial charge is 0.184 e. The first-order chi connectivity index (χ1) is 15.2. The summed E-state index contributed by atoms with van der Waals surface area (Å²) in [6, 6.07) is -0.539. The summed E-state index contributed by atoms with van der Waals surface area (Å²) < 4.78 is 23.6. The van der Waals surface area contributed by atoms with Crippen LogP contribution < -0.4 is 5.73 Å². The summed E-state index contributed by atoms with van der Waals surface area (Å²) in [5, 5.41) is 51.0. The molecule has 13 unspecified atom stereocenters. The average molecular weight is 462 g/mol. The van der Waals surface area contributed by atoms with Gasteiger partial charge in [0.15, 0.2) is 12.6 Å². The van der Waals surface area contributed by atoms with Crippen LogP contribution in [0.4, 0.5) is 0 Å². The normalized spacial score (nSPS) is 50.2. The van der Waals surface area contributed by atoms with Gasteiger partial charge in [-0.2, -0.15) is 0 Å². The Kier molecular flexibility index (Phi) is 9.07. The molecular weight excluding hydrogens is 422 g/mol. The Morgan fingerprint density at radius 2 is 1.56 bits per heavy atom. The lowest BCUT2D eigenvalue weighted by molar-refractivity contribution is -0.317. The molecule has 0 aromatic rings. The van der Waals surface area contributed by atoms with Crippen LogP contribution in [0.3, 0.4) is 0 Å². The predicted octanol–water partition coefficient (Wildman–Crippen LogP) is -0.998. The third-order valence-corrected chi connectivity index (χ3v) is 6.90. The molecule has 2 heterocycles. The van der Waals surface area contributed by atoms with Crippen LogP contribution in [0.15, 0.2) is 12.7 Å². The molecular formula is C22H39NO9. The minimum absolute atomic E-state index is 0.0259. The summed E-state index contributed by atoms with van der Waals surface area (Å²) in [4.78, 5) is 0. The molecule has 0 radical (unpaired) electrons. The van der Waals surface area contributed by atoms with Crippen LogP contribution in [0, 0.1) is 11.8 Å². The Morgan fingerprint density at radius 3 is 2.19 bits per heavy atom. The molecule has 1 saturated carbocycles. The van der Waals surface area contributed by atoms with Gasteiger partial charge >= 0.3 is 0 Å². The summed E-state index contributed by atoms with van der Waals surface area (Å²) >= 11 is 0. The monoisotopic (exact) mass is 461 g/mol. The Balaban J connectivity index is 1.70. The standard InChI is InChI=1S/C22H39NO9/c1-4-11-7-13(25)16(5-2)29-21(11)31-19-10(3)6-12(23)20(18(19)28)32-22-15(27)8-14(26)17(9-24)30-22/h4,10-22,24-28H,1,5-9,23H2,2-3H3. The van der Waals surface area contributed by atoms with Crippen molar-refractivity contribution in [1.82, 2.24) is 0 Å². The lowest BCUT2D eigenvalue weighted by Crippen LogP contribution is -2.62. The zero-order valence-corrected chi connectivity index (χ0v) is 18.8. The van der Waals surface area contributed by atoms with Crippen molar-refractivity contribution in [1.29, 1.82) is 0 Å². The van der Waals surface area contributed by atoms with E-state index in [4.69, 9.17) is 24.7 Å². The third kappa shape index (κ3) is 5.52. The Hall–Kier alpha value is -0.660. The largest absolute Gasteiger partial charge is 0.394 e. The van der Waals surface area contributed by atoms with E-state index in [2.05, 4.69) is 6.58 Å².